The third-order valence-corrected chi connectivity index (χ3v) is 4.45. The largest absolute Gasteiger partial charge is 0.367 e. The summed E-state index contributed by atoms with van der Waals surface area (Å²) in [6, 6.07) is 11.4. The molecule has 1 heterocycles. The molecule has 0 unspecified atom stereocenters. The molecular weight excluding hydrogens is 305 g/mol. The molecule has 4 heteroatoms. The van der Waals surface area contributed by atoms with E-state index in [0.717, 1.165) is 35.7 Å². The van der Waals surface area contributed by atoms with Gasteiger partial charge in [0.1, 0.15) is 0 Å². The smallest absolute Gasteiger partial charge is 0.159 e. The Kier molecular flexibility index (Phi) is 3.92. The van der Waals surface area contributed by atoms with Crippen molar-refractivity contribution in [1.82, 2.24) is 0 Å². The summed E-state index contributed by atoms with van der Waals surface area (Å²) in [6.07, 6.45) is 0.953. The van der Waals surface area contributed by atoms with Gasteiger partial charge in [-0.15, -0.1) is 0 Å². The van der Waals surface area contributed by atoms with E-state index in [2.05, 4.69) is 4.90 Å². The van der Waals surface area contributed by atoms with Crippen LogP contribution in [0, 0.1) is 0 Å². The fourth-order valence-electron chi connectivity index (χ4n) is 2.72. The SMILES string of the molecule is CC(=O)c1ccc2c(c1)CCN2Cc1cc(Cl)ccc1Cl. The highest BCUT2D eigenvalue weighted by Crippen LogP contribution is 2.32. The molecule has 1 aliphatic heterocycles. The molecule has 2 nitrogen and oxygen atoms in total. The zero-order chi connectivity index (χ0) is 15.0. The lowest BCUT2D eigenvalue weighted by atomic mass is 10.1. The number of hydrogen-bond acceptors (Lipinski definition) is 2. The number of carbonyl (C=O) groups is 1. The van der Waals surface area contributed by atoms with Gasteiger partial charge in [0, 0.05) is 34.4 Å². The molecule has 0 amide bonds. The van der Waals surface area contributed by atoms with Crippen LogP contribution in [0.4, 0.5) is 5.69 Å². The van der Waals surface area contributed by atoms with E-state index in [1.165, 1.54) is 11.3 Å². The normalized spacial score (nSPS) is 13.4. The first kappa shape index (κ1) is 14.4. The summed E-state index contributed by atoms with van der Waals surface area (Å²) in [5, 5.41) is 1.42. The van der Waals surface area contributed by atoms with Crippen LogP contribution in [0.15, 0.2) is 36.4 Å². The Bertz CT molecular complexity index is 712. The van der Waals surface area contributed by atoms with Crippen molar-refractivity contribution in [3.63, 3.8) is 0 Å². The lowest BCUT2D eigenvalue weighted by molar-refractivity contribution is 0.101. The summed E-state index contributed by atoms with van der Waals surface area (Å²) in [5.74, 6) is 0.106. The number of anilines is 1. The van der Waals surface area contributed by atoms with Gasteiger partial charge < -0.3 is 4.90 Å². The van der Waals surface area contributed by atoms with E-state index in [1.54, 1.807) is 13.0 Å². The first-order chi connectivity index (χ1) is 10.0. The minimum Gasteiger partial charge on any atom is -0.367 e. The first-order valence-corrected chi connectivity index (χ1v) is 7.63. The second kappa shape index (κ2) is 5.70. The summed E-state index contributed by atoms with van der Waals surface area (Å²) in [4.78, 5) is 13.7. The number of nitrogens with zero attached hydrogens (tertiary/aromatic N) is 1. The fraction of sp³-hybridized carbons (Fsp3) is 0.235. The van der Waals surface area contributed by atoms with E-state index in [4.69, 9.17) is 23.2 Å². The molecule has 0 bridgehead atoms. The van der Waals surface area contributed by atoms with Gasteiger partial charge in [0.05, 0.1) is 0 Å². The van der Waals surface area contributed by atoms with Crippen molar-refractivity contribution in [2.24, 2.45) is 0 Å². The van der Waals surface area contributed by atoms with E-state index < -0.39 is 0 Å². The van der Waals surface area contributed by atoms with Gasteiger partial charge in [0.25, 0.3) is 0 Å². The van der Waals surface area contributed by atoms with Crippen molar-refractivity contribution < 1.29 is 4.79 Å². The number of Topliss-reactive ketones (excluding diaryl/α,β-unsaturated/α-hetero) is 1. The van der Waals surface area contributed by atoms with Gasteiger partial charge in [0.2, 0.25) is 0 Å². The maximum absolute atomic E-state index is 11.5. The Morgan fingerprint density at radius 1 is 1.19 bits per heavy atom. The van der Waals surface area contributed by atoms with Crippen molar-refractivity contribution in [1.29, 1.82) is 0 Å². The highest BCUT2D eigenvalue weighted by molar-refractivity contribution is 6.33. The number of hydrogen-bond donors (Lipinski definition) is 0. The van der Waals surface area contributed by atoms with Crippen LogP contribution in [0.2, 0.25) is 10.0 Å². The minimum atomic E-state index is 0.106. The van der Waals surface area contributed by atoms with Crippen LogP contribution in [0.5, 0.6) is 0 Å². The molecule has 0 atom stereocenters. The van der Waals surface area contributed by atoms with Crippen LogP contribution in [0.3, 0.4) is 0 Å². The predicted molar refractivity (Wildman–Crippen MR) is 87.7 cm³/mol. The van der Waals surface area contributed by atoms with Crippen molar-refractivity contribution in [2.75, 3.05) is 11.4 Å². The molecule has 0 radical (unpaired) electrons. The second-order valence-corrected chi connectivity index (χ2v) is 6.15. The highest BCUT2D eigenvalue weighted by atomic mass is 35.5. The number of carbonyl (C=O) groups excluding carboxylic acids is 1. The van der Waals surface area contributed by atoms with E-state index in [9.17, 15) is 4.79 Å². The van der Waals surface area contributed by atoms with E-state index in [0.29, 0.717) is 5.02 Å². The summed E-state index contributed by atoms with van der Waals surface area (Å²) < 4.78 is 0. The maximum atomic E-state index is 11.5. The minimum absolute atomic E-state index is 0.106. The molecule has 0 fully saturated rings. The molecule has 21 heavy (non-hydrogen) atoms. The monoisotopic (exact) mass is 319 g/mol. The maximum Gasteiger partial charge on any atom is 0.159 e. The molecule has 3 rings (SSSR count). The summed E-state index contributed by atoms with van der Waals surface area (Å²) in [7, 11) is 0. The Morgan fingerprint density at radius 2 is 2.00 bits per heavy atom. The quantitative estimate of drug-likeness (QED) is 0.760. The number of rotatable bonds is 3. The van der Waals surface area contributed by atoms with Gasteiger partial charge in [-0.05, 0) is 60.9 Å². The van der Waals surface area contributed by atoms with Crippen LogP contribution >= 0.6 is 23.2 Å². The van der Waals surface area contributed by atoms with E-state index >= 15 is 0 Å². The van der Waals surface area contributed by atoms with Crippen LogP contribution in [-0.2, 0) is 13.0 Å². The summed E-state index contributed by atoms with van der Waals surface area (Å²) in [5.41, 5.74) is 4.20. The molecule has 2 aromatic carbocycles. The predicted octanol–water partition coefficient (Wildman–Crippen LogP) is 4.76. The fourth-order valence-corrected chi connectivity index (χ4v) is 3.10. The molecule has 0 saturated carbocycles. The lowest BCUT2D eigenvalue weighted by Crippen LogP contribution is -2.19. The van der Waals surface area contributed by atoms with Crippen LogP contribution in [-0.4, -0.2) is 12.3 Å². The number of benzene rings is 2. The Labute approximate surface area is 134 Å². The van der Waals surface area contributed by atoms with Crippen LogP contribution in [0.25, 0.3) is 0 Å². The summed E-state index contributed by atoms with van der Waals surface area (Å²) in [6.45, 7) is 3.26. The molecule has 0 saturated heterocycles. The summed E-state index contributed by atoms with van der Waals surface area (Å²) >= 11 is 12.3. The Morgan fingerprint density at radius 3 is 2.76 bits per heavy atom. The van der Waals surface area contributed by atoms with Gasteiger partial charge in [-0.3, -0.25) is 4.79 Å². The van der Waals surface area contributed by atoms with Crippen molar-refractivity contribution in [2.45, 2.75) is 19.9 Å². The molecule has 0 N–H and O–H groups in total. The average Bonchev–Trinajstić information content (AvgIpc) is 2.85. The third-order valence-electron chi connectivity index (χ3n) is 3.85. The first-order valence-electron chi connectivity index (χ1n) is 6.87. The van der Waals surface area contributed by atoms with Crippen molar-refractivity contribution >= 4 is 34.7 Å². The van der Waals surface area contributed by atoms with Crippen molar-refractivity contribution in [3.05, 3.63) is 63.1 Å². The average molecular weight is 320 g/mol. The second-order valence-electron chi connectivity index (χ2n) is 5.31. The Balaban J connectivity index is 1.88. The van der Waals surface area contributed by atoms with E-state index in [1.807, 2.05) is 30.3 Å². The topological polar surface area (TPSA) is 20.3 Å². The lowest BCUT2D eigenvalue weighted by Gasteiger charge is -2.20. The number of ketones is 1. The van der Waals surface area contributed by atoms with Gasteiger partial charge in [0.15, 0.2) is 5.78 Å². The van der Waals surface area contributed by atoms with Gasteiger partial charge in [-0.2, -0.15) is 0 Å². The van der Waals surface area contributed by atoms with Crippen LogP contribution < -0.4 is 4.90 Å². The van der Waals surface area contributed by atoms with Crippen molar-refractivity contribution in [3.8, 4) is 0 Å². The third kappa shape index (κ3) is 2.92. The standard InChI is InChI=1S/C17H15Cl2NO/c1-11(21)12-2-5-17-13(8-12)6-7-20(17)10-14-9-15(18)3-4-16(14)19/h2-5,8-9H,6-7,10H2,1H3. The zero-order valence-electron chi connectivity index (χ0n) is 11.7. The molecule has 0 spiro atoms. The molecule has 0 aromatic heterocycles. The molecule has 1 aliphatic rings. The zero-order valence-corrected chi connectivity index (χ0v) is 13.2. The Hall–Kier alpha value is -1.51. The number of halogens is 2. The number of fused-ring (bicyclic) bond motifs is 1. The molecule has 108 valence electrons. The molecular formula is C17H15Cl2NO. The van der Waals surface area contributed by atoms with Gasteiger partial charge in [-0.25, -0.2) is 0 Å². The van der Waals surface area contributed by atoms with Crippen LogP contribution in [0.1, 0.15) is 28.4 Å². The van der Waals surface area contributed by atoms with E-state index in [-0.39, 0.29) is 5.78 Å². The highest BCUT2D eigenvalue weighted by Gasteiger charge is 2.20. The molecule has 0 aliphatic carbocycles. The van der Waals surface area contributed by atoms with Gasteiger partial charge in [-0.1, -0.05) is 23.2 Å². The molecule has 2 aromatic rings. The van der Waals surface area contributed by atoms with Gasteiger partial charge >= 0.3 is 0 Å².